The molecule has 2 heterocycles. The van der Waals surface area contributed by atoms with E-state index in [1.54, 1.807) is 23.1 Å². The highest BCUT2D eigenvalue weighted by Crippen LogP contribution is 2.30. The maximum atomic E-state index is 13.9. The van der Waals surface area contributed by atoms with Crippen LogP contribution in [0, 0.1) is 19.7 Å². The summed E-state index contributed by atoms with van der Waals surface area (Å²) in [4.78, 5) is 18.5. The fourth-order valence-corrected chi connectivity index (χ4v) is 3.41. The quantitative estimate of drug-likeness (QED) is 0.701. The lowest BCUT2D eigenvalue weighted by Crippen LogP contribution is -2.24. The van der Waals surface area contributed by atoms with Crippen LogP contribution < -0.4 is 0 Å². The molecular weight excluding hydrogens is 345 g/mol. The Kier molecular flexibility index (Phi) is 4.48. The minimum atomic E-state index is -0.302. The van der Waals surface area contributed by atoms with E-state index in [0.717, 1.165) is 16.7 Å². The summed E-state index contributed by atoms with van der Waals surface area (Å²) in [6, 6.07) is 12.6. The zero-order valence-electron chi connectivity index (χ0n) is 15.3. The van der Waals surface area contributed by atoms with E-state index in [1.807, 2.05) is 32.0 Å². The van der Waals surface area contributed by atoms with Crippen molar-refractivity contribution in [2.45, 2.75) is 32.7 Å². The van der Waals surface area contributed by atoms with Gasteiger partial charge in [-0.2, -0.15) is 4.98 Å². The lowest BCUT2D eigenvalue weighted by atomic mass is 10.1. The molecule has 1 atom stereocenters. The average Bonchev–Trinajstić information content (AvgIpc) is 3.26. The van der Waals surface area contributed by atoms with Crippen molar-refractivity contribution in [3.63, 3.8) is 0 Å². The summed E-state index contributed by atoms with van der Waals surface area (Å²) in [7, 11) is 0. The number of halogens is 1. The van der Waals surface area contributed by atoms with Crippen LogP contribution in [-0.2, 0) is 11.3 Å². The van der Waals surface area contributed by atoms with Gasteiger partial charge in [-0.05, 0) is 31.5 Å². The molecule has 0 bridgehead atoms. The Hall–Kier alpha value is -3.02. The molecule has 0 spiro atoms. The van der Waals surface area contributed by atoms with E-state index < -0.39 is 0 Å². The topological polar surface area (TPSA) is 59.2 Å². The fraction of sp³-hybridized carbons (Fsp3) is 0.286. The molecule has 6 heteroatoms. The molecular formula is C21H20FN3O2. The third-order valence-corrected chi connectivity index (χ3v) is 4.96. The Bertz CT molecular complexity index is 999. The third-order valence-electron chi connectivity index (χ3n) is 4.96. The van der Waals surface area contributed by atoms with Crippen LogP contribution in [0.15, 0.2) is 47.0 Å². The second-order valence-electron chi connectivity index (χ2n) is 7.04. The molecule has 4 rings (SSSR count). The summed E-state index contributed by atoms with van der Waals surface area (Å²) in [6.45, 7) is 4.71. The maximum absolute atomic E-state index is 13.9. The van der Waals surface area contributed by atoms with Gasteiger partial charge < -0.3 is 9.42 Å². The summed E-state index contributed by atoms with van der Waals surface area (Å²) in [6.07, 6.45) is 0.295. The summed E-state index contributed by atoms with van der Waals surface area (Å²) < 4.78 is 19.3. The van der Waals surface area contributed by atoms with Gasteiger partial charge in [0.2, 0.25) is 17.6 Å². The van der Waals surface area contributed by atoms with Gasteiger partial charge in [-0.3, -0.25) is 4.79 Å². The molecule has 0 N–H and O–H groups in total. The highest BCUT2D eigenvalue weighted by Gasteiger charge is 2.34. The zero-order chi connectivity index (χ0) is 19.0. The summed E-state index contributed by atoms with van der Waals surface area (Å²) >= 11 is 0. The fourth-order valence-electron chi connectivity index (χ4n) is 3.41. The van der Waals surface area contributed by atoms with Crippen LogP contribution in [0.3, 0.4) is 0 Å². The summed E-state index contributed by atoms with van der Waals surface area (Å²) in [5.74, 6) is 0.482. The Morgan fingerprint density at radius 1 is 1.22 bits per heavy atom. The van der Waals surface area contributed by atoms with Gasteiger partial charge in [0.25, 0.3) is 0 Å². The van der Waals surface area contributed by atoms with Crippen molar-refractivity contribution in [2.75, 3.05) is 6.54 Å². The van der Waals surface area contributed by atoms with E-state index in [9.17, 15) is 9.18 Å². The van der Waals surface area contributed by atoms with Gasteiger partial charge in [-0.25, -0.2) is 4.39 Å². The molecule has 1 aromatic heterocycles. The van der Waals surface area contributed by atoms with Crippen LogP contribution in [0.4, 0.5) is 4.39 Å². The standard InChI is InChI=1S/C21H20FN3O2/c1-13-7-8-14(2)17(9-13)20-23-21(27-24-20)16-10-19(26)25(12-16)11-15-5-3-4-6-18(15)22/h3-9,16H,10-12H2,1-2H3. The molecule has 3 aromatic rings. The van der Waals surface area contributed by atoms with E-state index in [0.29, 0.717) is 30.2 Å². The number of carbonyl (C=O) groups excluding carboxylic acids is 1. The van der Waals surface area contributed by atoms with Gasteiger partial charge in [-0.1, -0.05) is 41.1 Å². The Morgan fingerprint density at radius 3 is 2.85 bits per heavy atom. The van der Waals surface area contributed by atoms with Crippen LogP contribution in [0.25, 0.3) is 11.4 Å². The van der Waals surface area contributed by atoms with Crippen molar-refractivity contribution in [2.24, 2.45) is 0 Å². The van der Waals surface area contributed by atoms with Crippen molar-refractivity contribution in [1.29, 1.82) is 0 Å². The summed E-state index contributed by atoms with van der Waals surface area (Å²) in [5, 5.41) is 4.11. The number of aromatic nitrogens is 2. The smallest absolute Gasteiger partial charge is 0.232 e. The largest absolute Gasteiger partial charge is 0.339 e. The first-order valence-corrected chi connectivity index (χ1v) is 8.93. The number of aryl methyl sites for hydroxylation is 2. The lowest BCUT2D eigenvalue weighted by Gasteiger charge is -2.16. The molecule has 27 heavy (non-hydrogen) atoms. The van der Waals surface area contributed by atoms with Crippen molar-refractivity contribution < 1.29 is 13.7 Å². The number of hydrogen-bond acceptors (Lipinski definition) is 4. The molecule has 5 nitrogen and oxygen atoms in total. The molecule has 1 amide bonds. The molecule has 1 aliphatic heterocycles. The first-order valence-electron chi connectivity index (χ1n) is 8.93. The van der Waals surface area contributed by atoms with Gasteiger partial charge in [0, 0.05) is 30.6 Å². The minimum absolute atomic E-state index is 0.0326. The number of nitrogens with zero attached hydrogens (tertiary/aromatic N) is 3. The van der Waals surface area contributed by atoms with Crippen molar-refractivity contribution >= 4 is 5.91 Å². The van der Waals surface area contributed by atoms with E-state index >= 15 is 0 Å². The maximum Gasteiger partial charge on any atom is 0.232 e. The van der Waals surface area contributed by atoms with Gasteiger partial charge in [0.15, 0.2) is 0 Å². The highest BCUT2D eigenvalue weighted by atomic mass is 19.1. The molecule has 138 valence electrons. The van der Waals surface area contributed by atoms with Crippen LogP contribution in [-0.4, -0.2) is 27.5 Å². The SMILES string of the molecule is Cc1ccc(C)c(-c2noc(C3CC(=O)N(Cc4ccccc4F)C3)n2)c1. The predicted octanol–water partition coefficient (Wildman–Crippen LogP) is 4.01. The Balaban J connectivity index is 1.52. The molecule has 1 fully saturated rings. The predicted molar refractivity (Wildman–Crippen MR) is 98.4 cm³/mol. The van der Waals surface area contributed by atoms with E-state index in [-0.39, 0.29) is 24.2 Å². The number of hydrogen-bond donors (Lipinski definition) is 0. The van der Waals surface area contributed by atoms with E-state index in [2.05, 4.69) is 10.1 Å². The molecule has 0 radical (unpaired) electrons. The Labute approximate surface area is 156 Å². The number of likely N-dealkylation sites (tertiary alicyclic amines) is 1. The van der Waals surface area contributed by atoms with E-state index in [1.165, 1.54) is 6.07 Å². The third kappa shape index (κ3) is 3.47. The van der Waals surface area contributed by atoms with Crippen LogP contribution in [0.2, 0.25) is 0 Å². The van der Waals surface area contributed by atoms with Crippen molar-refractivity contribution in [3.8, 4) is 11.4 Å². The van der Waals surface area contributed by atoms with Crippen LogP contribution in [0.1, 0.15) is 34.9 Å². The first kappa shape index (κ1) is 17.4. The van der Waals surface area contributed by atoms with Gasteiger partial charge in [0.1, 0.15) is 5.82 Å². The number of benzene rings is 2. The van der Waals surface area contributed by atoms with Crippen LogP contribution in [0.5, 0.6) is 0 Å². The minimum Gasteiger partial charge on any atom is -0.339 e. The molecule has 2 aromatic carbocycles. The average molecular weight is 365 g/mol. The van der Waals surface area contributed by atoms with E-state index in [4.69, 9.17) is 4.52 Å². The van der Waals surface area contributed by atoms with Gasteiger partial charge in [0.05, 0.1) is 5.92 Å². The first-order chi connectivity index (χ1) is 13.0. The summed E-state index contributed by atoms with van der Waals surface area (Å²) in [5.41, 5.74) is 3.62. The Morgan fingerprint density at radius 2 is 2.04 bits per heavy atom. The second kappa shape index (κ2) is 6.95. The van der Waals surface area contributed by atoms with Gasteiger partial charge in [-0.15, -0.1) is 0 Å². The second-order valence-corrected chi connectivity index (χ2v) is 7.04. The normalized spacial score (nSPS) is 16.9. The monoisotopic (exact) mass is 365 g/mol. The number of carbonyl (C=O) groups is 1. The molecule has 1 saturated heterocycles. The number of amides is 1. The molecule has 1 unspecified atom stereocenters. The molecule has 0 saturated carbocycles. The zero-order valence-corrected chi connectivity index (χ0v) is 15.3. The van der Waals surface area contributed by atoms with Crippen molar-refractivity contribution in [1.82, 2.24) is 15.0 Å². The highest BCUT2D eigenvalue weighted by molar-refractivity contribution is 5.79. The molecule has 1 aliphatic rings. The van der Waals surface area contributed by atoms with Gasteiger partial charge >= 0.3 is 0 Å². The lowest BCUT2D eigenvalue weighted by molar-refractivity contribution is -0.128. The number of rotatable bonds is 4. The van der Waals surface area contributed by atoms with Crippen LogP contribution >= 0.6 is 0 Å². The van der Waals surface area contributed by atoms with Crippen molar-refractivity contribution in [3.05, 3.63) is 70.9 Å². The molecule has 0 aliphatic carbocycles.